The predicted molar refractivity (Wildman–Crippen MR) is 90.3 cm³/mol. The van der Waals surface area contributed by atoms with Crippen LogP contribution >= 0.6 is 0 Å². The smallest absolute Gasteiger partial charge is 0.275 e. The highest BCUT2D eigenvalue weighted by atomic mass is 16.6. The van der Waals surface area contributed by atoms with Crippen molar-refractivity contribution in [2.24, 2.45) is 0 Å². The predicted octanol–water partition coefficient (Wildman–Crippen LogP) is 1.60. The van der Waals surface area contributed by atoms with Gasteiger partial charge < -0.3 is 14.5 Å². The molecule has 1 aromatic rings. The lowest BCUT2D eigenvalue weighted by Crippen LogP contribution is -2.51. The van der Waals surface area contributed by atoms with Crippen LogP contribution in [0.2, 0.25) is 0 Å². The molecule has 25 heavy (non-hydrogen) atoms. The van der Waals surface area contributed by atoms with E-state index >= 15 is 0 Å². The third kappa shape index (κ3) is 3.42. The van der Waals surface area contributed by atoms with Gasteiger partial charge in [0.15, 0.2) is 0 Å². The first kappa shape index (κ1) is 17.2. The Hall–Kier alpha value is -2.66. The highest BCUT2D eigenvalue weighted by Crippen LogP contribution is 2.31. The van der Waals surface area contributed by atoms with Gasteiger partial charge in [-0.05, 0) is 25.8 Å². The Labute approximate surface area is 145 Å². The Balaban J connectivity index is 1.74. The third-order valence-corrected chi connectivity index (χ3v) is 4.82. The molecule has 0 bridgehead atoms. The molecular weight excluding hydrogens is 324 g/mol. The number of hydrogen-bond donors (Lipinski definition) is 0. The summed E-state index contributed by atoms with van der Waals surface area (Å²) in [4.78, 5) is 27.0. The average Bonchev–Trinajstić information content (AvgIpc) is 3.16. The SMILES string of the molecule is Cc1c(N2CCN(C(=O)C3CCCO3)CC2)cc(C#N)cc1[N+](=O)[O-]. The fourth-order valence-electron chi connectivity index (χ4n) is 3.41. The van der Waals surface area contributed by atoms with Gasteiger partial charge in [0.25, 0.3) is 11.6 Å². The van der Waals surface area contributed by atoms with Crippen molar-refractivity contribution >= 4 is 17.3 Å². The number of hydrogen-bond acceptors (Lipinski definition) is 6. The van der Waals surface area contributed by atoms with Crippen LogP contribution in [0.4, 0.5) is 11.4 Å². The van der Waals surface area contributed by atoms with Crippen LogP contribution in [0.15, 0.2) is 12.1 Å². The monoisotopic (exact) mass is 344 g/mol. The molecule has 3 rings (SSSR count). The van der Waals surface area contributed by atoms with E-state index in [1.165, 1.54) is 6.07 Å². The number of nitriles is 1. The van der Waals surface area contributed by atoms with Crippen LogP contribution in [-0.4, -0.2) is 54.6 Å². The summed E-state index contributed by atoms with van der Waals surface area (Å²) in [6.07, 6.45) is 1.37. The second kappa shape index (κ2) is 7.07. The zero-order valence-electron chi connectivity index (χ0n) is 14.1. The Morgan fingerprint density at radius 3 is 2.64 bits per heavy atom. The number of benzene rings is 1. The van der Waals surface area contributed by atoms with Gasteiger partial charge in [-0.25, -0.2) is 0 Å². The minimum atomic E-state index is -0.461. The first-order valence-corrected chi connectivity index (χ1v) is 8.35. The second-order valence-electron chi connectivity index (χ2n) is 6.32. The van der Waals surface area contributed by atoms with Gasteiger partial charge in [-0.2, -0.15) is 5.26 Å². The van der Waals surface area contributed by atoms with E-state index in [1.807, 2.05) is 11.0 Å². The van der Waals surface area contributed by atoms with E-state index in [-0.39, 0.29) is 23.3 Å². The highest BCUT2D eigenvalue weighted by molar-refractivity contribution is 5.81. The maximum Gasteiger partial charge on any atom is 0.275 e. The summed E-state index contributed by atoms with van der Waals surface area (Å²) in [5.41, 5.74) is 1.45. The molecule has 1 aromatic carbocycles. The Bertz CT molecular complexity index is 729. The van der Waals surface area contributed by atoms with Crippen LogP contribution in [0.1, 0.15) is 24.0 Å². The highest BCUT2D eigenvalue weighted by Gasteiger charge is 2.31. The Morgan fingerprint density at radius 1 is 1.36 bits per heavy atom. The van der Waals surface area contributed by atoms with Gasteiger partial charge in [0.05, 0.1) is 22.1 Å². The van der Waals surface area contributed by atoms with E-state index in [2.05, 4.69) is 0 Å². The first-order chi connectivity index (χ1) is 12.0. The van der Waals surface area contributed by atoms with Crippen LogP contribution in [0, 0.1) is 28.4 Å². The summed E-state index contributed by atoms with van der Waals surface area (Å²) in [5.74, 6) is 0.0330. The molecule has 0 N–H and O–H groups in total. The maximum absolute atomic E-state index is 12.4. The molecule has 132 valence electrons. The van der Waals surface area contributed by atoms with Crippen LogP contribution in [-0.2, 0) is 9.53 Å². The molecule has 0 saturated carbocycles. The molecule has 2 aliphatic rings. The van der Waals surface area contributed by atoms with Crippen molar-refractivity contribution in [3.05, 3.63) is 33.4 Å². The zero-order chi connectivity index (χ0) is 18.0. The Morgan fingerprint density at radius 2 is 2.08 bits per heavy atom. The van der Waals surface area contributed by atoms with E-state index in [4.69, 9.17) is 10.00 Å². The number of nitro benzene ring substituents is 1. The molecule has 8 nitrogen and oxygen atoms in total. The number of rotatable bonds is 3. The molecule has 1 unspecified atom stereocenters. The van der Waals surface area contributed by atoms with Crippen molar-refractivity contribution in [2.75, 3.05) is 37.7 Å². The lowest BCUT2D eigenvalue weighted by molar-refractivity contribution is -0.385. The van der Waals surface area contributed by atoms with Gasteiger partial charge in [0.2, 0.25) is 0 Å². The van der Waals surface area contributed by atoms with Crippen molar-refractivity contribution < 1.29 is 14.5 Å². The fourth-order valence-corrected chi connectivity index (χ4v) is 3.41. The second-order valence-corrected chi connectivity index (χ2v) is 6.32. The van der Waals surface area contributed by atoms with Crippen molar-refractivity contribution in [3.63, 3.8) is 0 Å². The number of anilines is 1. The molecule has 8 heteroatoms. The quantitative estimate of drug-likeness (QED) is 0.610. The fraction of sp³-hybridized carbons (Fsp3) is 0.529. The van der Waals surface area contributed by atoms with E-state index in [0.717, 1.165) is 12.8 Å². The summed E-state index contributed by atoms with van der Waals surface area (Å²) in [7, 11) is 0. The summed E-state index contributed by atoms with van der Waals surface area (Å²) in [5, 5.41) is 20.4. The third-order valence-electron chi connectivity index (χ3n) is 4.82. The minimum Gasteiger partial charge on any atom is -0.368 e. The molecule has 2 heterocycles. The van der Waals surface area contributed by atoms with Crippen LogP contribution in [0.5, 0.6) is 0 Å². The number of nitrogens with zero attached hydrogens (tertiary/aromatic N) is 4. The standard InChI is InChI=1S/C17H20N4O4/c1-12-14(9-13(11-18)10-15(12)21(23)24)19-4-6-20(7-5-19)17(22)16-3-2-8-25-16/h9-10,16H,2-8H2,1H3. The molecule has 0 spiro atoms. The molecular formula is C17H20N4O4. The van der Waals surface area contributed by atoms with Gasteiger partial charge in [-0.1, -0.05) is 0 Å². The molecule has 0 aliphatic carbocycles. The average molecular weight is 344 g/mol. The number of amides is 1. The summed E-state index contributed by atoms with van der Waals surface area (Å²) in [6.45, 7) is 4.57. The van der Waals surface area contributed by atoms with Gasteiger partial charge in [-0.15, -0.1) is 0 Å². The van der Waals surface area contributed by atoms with Crippen molar-refractivity contribution in [1.29, 1.82) is 5.26 Å². The maximum atomic E-state index is 12.4. The zero-order valence-corrected chi connectivity index (χ0v) is 14.1. The first-order valence-electron chi connectivity index (χ1n) is 8.35. The van der Waals surface area contributed by atoms with Gasteiger partial charge in [0, 0.05) is 44.5 Å². The topological polar surface area (TPSA) is 99.7 Å². The van der Waals surface area contributed by atoms with E-state index in [0.29, 0.717) is 44.0 Å². The van der Waals surface area contributed by atoms with Crippen LogP contribution in [0.25, 0.3) is 0 Å². The normalized spacial score (nSPS) is 20.4. The number of ether oxygens (including phenoxy) is 1. The number of carbonyl (C=O) groups is 1. The van der Waals surface area contributed by atoms with Crippen molar-refractivity contribution in [3.8, 4) is 6.07 Å². The summed E-state index contributed by atoms with van der Waals surface area (Å²) in [6, 6.07) is 4.96. The van der Waals surface area contributed by atoms with E-state index in [1.54, 1.807) is 17.9 Å². The van der Waals surface area contributed by atoms with Crippen LogP contribution in [0.3, 0.4) is 0 Å². The minimum absolute atomic E-state index is 0.0330. The lowest BCUT2D eigenvalue weighted by Gasteiger charge is -2.37. The lowest BCUT2D eigenvalue weighted by atomic mass is 10.1. The molecule has 2 fully saturated rings. The van der Waals surface area contributed by atoms with E-state index < -0.39 is 4.92 Å². The number of nitro groups is 1. The molecule has 1 atom stereocenters. The molecule has 2 saturated heterocycles. The van der Waals surface area contributed by atoms with E-state index in [9.17, 15) is 14.9 Å². The number of piperazine rings is 1. The summed E-state index contributed by atoms with van der Waals surface area (Å²) < 4.78 is 5.46. The summed E-state index contributed by atoms with van der Waals surface area (Å²) >= 11 is 0. The molecule has 0 aromatic heterocycles. The largest absolute Gasteiger partial charge is 0.368 e. The number of carbonyl (C=O) groups excluding carboxylic acids is 1. The molecule has 0 radical (unpaired) electrons. The molecule has 1 amide bonds. The van der Waals surface area contributed by atoms with Gasteiger partial charge in [0.1, 0.15) is 6.10 Å². The van der Waals surface area contributed by atoms with Crippen molar-refractivity contribution in [2.45, 2.75) is 25.9 Å². The molecule has 2 aliphatic heterocycles. The van der Waals surface area contributed by atoms with Crippen LogP contribution < -0.4 is 4.90 Å². The van der Waals surface area contributed by atoms with Crippen molar-refractivity contribution in [1.82, 2.24) is 4.90 Å². The van der Waals surface area contributed by atoms with Gasteiger partial charge in [-0.3, -0.25) is 14.9 Å². The Kier molecular flexibility index (Phi) is 4.86. The van der Waals surface area contributed by atoms with Gasteiger partial charge >= 0.3 is 0 Å².